The van der Waals surface area contributed by atoms with Gasteiger partial charge in [0.15, 0.2) is 0 Å². The summed E-state index contributed by atoms with van der Waals surface area (Å²) in [7, 11) is -3.18. The Kier molecular flexibility index (Phi) is 7.19. The summed E-state index contributed by atoms with van der Waals surface area (Å²) in [4.78, 5) is 0. The van der Waals surface area contributed by atoms with E-state index in [9.17, 15) is 8.42 Å². The monoisotopic (exact) mass is 298 g/mol. The van der Waals surface area contributed by atoms with E-state index in [4.69, 9.17) is 0 Å². The third-order valence-electron chi connectivity index (χ3n) is 3.08. The maximum atomic E-state index is 12.3. The van der Waals surface area contributed by atoms with E-state index in [2.05, 4.69) is 19.2 Å². The lowest BCUT2D eigenvalue weighted by Crippen LogP contribution is -2.34. The Bertz CT molecular complexity index is 472. The van der Waals surface area contributed by atoms with Crippen molar-refractivity contribution in [3.05, 3.63) is 35.9 Å². The lowest BCUT2D eigenvalue weighted by molar-refractivity contribution is 0.421. The Balaban J connectivity index is 2.54. The van der Waals surface area contributed by atoms with Gasteiger partial charge in [0.05, 0.1) is 5.75 Å². The van der Waals surface area contributed by atoms with Crippen LogP contribution in [0.15, 0.2) is 30.3 Å². The molecule has 0 saturated heterocycles. The van der Waals surface area contributed by atoms with E-state index in [1.807, 2.05) is 37.3 Å². The predicted molar refractivity (Wildman–Crippen MR) is 84.1 cm³/mol. The lowest BCUT2D eigenvalue weighted by Gasteiger charge is -2.20. The van der Waals surface area contributed by atoms with Gasteiger partial charge in [-0.1, -0.05) is 51.1 Å². The smallest absolute Gasteiger partial charge is 0.214 e. The second kappa shape index (κ2) is 8.39. The molecule has 1 N–H and O–H groups in total. The van der Waals surface area contributed by atoms with Crippen LogP contribution in [0.5, 0.6) is 0 Å². The molecule has 0 aliphatic carbocycles. The second-order valence-electron chi connectivity index (χ2n) is 5.19. The van der Waals surface area contributed by atoms with Crippen LogP contribution >= 0.6 is 0 Å². The van der Waals surface area contributed by atoms with E-state index >= 15 is 0 Å². The number of rotatable bonds is 9. The number of nitrogens with one attached hydrogen (secondary N) is 1. The molecule has 1 rings (SSSR count). The molecule has 0 aromatic heterocycles. The van der Waals surface area contributed by atoms with Gasteiger partial charge in [0.2, 0.25) is 10.0 Å². The van der Waals surface area contributed by atoms with Gasteiger partial charge in [0.25, 0.3) is 0 Å². The van der Waals surface area contributed by atoms with Crippen molar-refractivity contribution in [2.75, 3.05) is 18.8 Å². The zero-order chi connectivity index (χ0) is 15.0. The molecule has 1 aromatic rings. The highest BCUT2D eigenvalue weighted by atomic mass is 32.2. The van der Waals surface area contributed by atoms with Gasteiger partial charge >= 0.3 is 0 Å². The minimum Gasteiger partial charge on any atom is -0.314 e. The van der Waals surface area contributed by atoms with Crippen molar-refractivity contribution < 1.29 is 8.42 Å². The predicted octanol–water partition coefficient (Wildman–Crippen LogP) is 2.23. The van der Waals surface area contributed by atoms with E-state index in [0.717, 1.165) is 12.1 Å². The fourth-order valence-corrected chi connectivity index (χ4v) is 3.47. The summed E-state index contributed by atoms with van der Waals surface area (Å²) in [5, 5.41) is 3.24. The first-order valence-corrected chi connectivity index (χ1v) is 8.81. The van der Waals surface area contributed by atoms with Crippen LogP contribution in [-0.2, 0) is 16.6 Å². The van der Waals surface area contributed by atoms with Crippen molar-refractivity contribution in [2.45, 2.75) is 39.8 Å². The Labute approximate surface area is 123 Å². The van der Waals surface area contributed by atoms with Crippen LogP contribution in [0.3, 0.4) is 0 Å². The fraction of sp³-hybridized carbons (Fsp3) is 0.600. The maximum absolute atomic E-state index is 12.3. The molecule has 0 amide bonds. The molecule has 0 bridgehead atoms. The highest BCUT2D eigenvalue weighted by molar-refractivity contribution is 7.89. The summed E-state index contributed by atoms with van der Waals surface area (Å²) in [6.45, 7) is 7.70. The van der Waals surface area contributed by atoms with Crippen molar-refractivity contribution >= 4 is 10.0 Å². The summed E-state index contributed by atoms with van der Waals surface area (Å²) < 4.78 is 26.2. The van der Waals surface area contributed by atoms with Crippen molar-refractivity contribution in [1.82, 2.24) is 9.62 Å². The summed E-state index contributed by atoms with van der Waals surface area (Å²) >= 11 is 0. The van der Waals surface area contributed by atoms with Crippen molar-refractivity contribution in [2.24, 2.45) is 0 Å². The van der Waals surface area contributed by atoms with Gasteiger partial charge in [0, 0.05) is 19.1 Å². The summed E-state index contributed by atoms with van der Waals surface area (Å²) in [6, 6.07) is 10.1. The van der Waals surface area contributed by atoms with Crippen LogP contribution in [0.1, 0.15) is 32.8 Å². The van der Waals surface area contributed by atoms with Gasteiger partial charge in [0.1, 0.15) is 0 Å². The zero-order valence-electron chi connectivity index (χ0n) is 12.7. The molecule has 5 heteroatoms. The molecule has 0 spiro atoms. The van der Waals surface area contributed by atoms with Crippen LogP contribution in [0.25, 0.3) is 0 Å². The van der Waals surface area contributed by atoms with Gasteiger partial charge < -0.3 is 5.32 Å². The molecular formula is C15H26N2O2S. The SMILES string of the molecule is CCN(Cc1ccccc1)S(=O)(=O)CCCNC(C)C. The summed E-state index contributed by atoms with van der Waals surface area (Å²) in [5.41, 5.74) is 1.03. The van der Waals surface area contributed by atoms with Crippen LogP contribution < -0.4 is 5.32 Å². The third kappa shape index (κ3) is 6.03. The molecule has 20 heavy (non-hydrogen) atoms. The quantitative estimate of drug-likeness (QED) is 0.711. The minimum absolute atomic E-state index is 0.202. The van der Waals surface area contributed by atoms with E-state index < -0.39 is 10.0 Å². The number of nitrogens with zero attached hydrogens (tertiary/aromatic N) is 1. The Morgan fingerprint density at radius 2 is 1.85 bits per heavy atom. The van der Waals surface area contributed by atoms with E-state index in [1.54, 1.807) is 4.31 Å². The first kappa shape index (κ1) is 17.1. The normalized spacial score (nSPS) is 12.2. The van der Waals surface area contributed by atoms with Gasteiger partial charge in [-0.15, -0.1) is 0 Å². The molecule has 1 aromatic carbocycles. The van der Waals surface area contributed by atoms with Crippen molar-refractivity contribution in [1.29, 1.82) is 0 Å². The molecule has 0 aliphatic rings. The maximum Gasteiger partial charge on any atom is 0.214 e. The van der Waals surface area contributed by atoms with Crippen LogP contribution in [-0.4, -0.2) is 37.6 Å². The second-order valence-corrected chi connectivity index (χ2v) is 7.28. The molecule has 0 aliphatic heterocycles. The molecule has 0 fully saturated rings. The molecule has 0 radical (unpaired) electrons. The van der Waals surface area contributed by atoms with Gasteiger partial charge in [-0.25, -0.2) is 8.42 Å². The van der Waals surface area contributed by atoms with Gasteiger partial charge in [-0.3, -0.25) is 0 Å². The summed E-state index contributed by atoms with van der Waals surface area (Å²) in [5.74, 6) is 0.202. The van der Waals surface area contributed by atoms with E-state index in [-0.39, 0.29) is 5.75 Å². The Hall–Kier alpha value is -0.910. The average molecular weight is 298 g/mol. The molecule has 0 heterocycles. The topological polar surface area (TPSA) is 49.4 Å². The Morgan fingerprint density at radius 3 is 2.40 bits per heavy atom. The highest BCUT2D eigenvalue weighted by Gasteiger charge is 2.20. The van der Waals surface area contributed by atoms with Crippen LogP contribution in [0.4, 0.5) is 0 Å². The first-order chi connectivity index (χ1) is 9.45. The van der Waals surface area contributed by atoms with E-state index in [0.29, 0.717) is 25.6 Å². The van der Waals surface area contributed by atoms with Crippen molar-refractivity contribution in [3.8, 4) is 0 Å². The van der Waals surface area contributed by atoms with Gasteiger partial charge in [-0.05, 0) is 18.5 Å². The van der Waals surface area contributed by atoms with Crippen molar-refractivity contribution in [3.63, 3.8) is 0 Å². The molecule has 0 unspecified atom stereocenters. The third-order valence-corrected chi connectivity index (χ3v) is 5.06. The number of hydrogen-bond acceptors (Lipinski definition) is 3. The highest BCUT2D eigenvalue weighted by Crippen LogP contribution is 2.10. The molecule has 4 nitrogen and oxygen atoms in total. The number of benzene rings is 1. The fourth-order valence-electron chi connectivity index (χ4n) is 1.97. The number of hydrogen-bond donors (Lipinski definition) is 1. The largest absolute Gasteiger partial charge is 0.314 e. The van der Waals surface area contributed by atoms with E-state index in [1.165, 1.54) is 0 Å². The Morgan fingerprint density at radius 1 is 1.20 bits per heavy atom. The molecule has 0 atom stereocenters. The number of sulfonamides is 1. The minimum atomic E-state index is -3.18. The average Bonchev–Trinajstić information content (AvgIpc) is 2.42. The van der Waals surface area contributed by atoms with Crippen LogP contribution in [0.2, 0.25) is 0 Å². The first-order valence-electron chi connectivity index (χ1n) is 7.21. The molecular weight excluding hydrogens is 272 g/mol. The summed E-state index contributed by atoms with van der Waals surface area (Å²) in [6.07, 6.45) is 0.645. The molecule has 0 saturated carbocycles. The zero-order valence-corrected chi connectivity index (χ0v) is 13.5. The standard InChI is InChI=1S/C15H26N2O2S/c1-4-17(13-15-9-6-5-7-10-15)20(18,19)12-8-11-16-14(2)3/h5-7,9-10,14,16H,4,8,11-13H2,1-3H3. The molecule has 114 valence electrons. The van der Waals surface area contributed by atoms with Crippen LogP contribution in [0, 0.1) is 0 Å². The van der Waals surface area contributed by atoms with Gasteiger partial charge in [-0.2, -0.15) is 4.31 Å². The lowest BCUT2D eigenvalue weighted by atomic mass is 10.2.